The number of benzene rings is 1. The maximum absolute atomic E-state index is 12.9. The van der Waals surface area contributed by atoms with Gasteiger partial charge in [0.25, 0.3) is 0 Å². The minimum absolute atomic E-state index is 0.0325. The molecule has 0 aliphatic heterocycles. The first kappa shape index (κ1) is 12.9. The Morgan fingerprint density at radius 2 is 2.22 bits per heavy atom. The van der Waals surface area contributed by atoms with Gasteiger partial charge in [0.2, 0.25) is 5.88 Å². The molecule has 0 amide bonds. The normalized spacial score (nSPS) is 10.8. The maximum Gasteiger partial charge on any atom is 0.232 e. The van der Waals surface area contributed by atoms with Gasteiger partial charge in [0.1, 0.15) is 11.6 Å². The summed E-state index contributed by atoms with van der Waals surface area (Å²) in [5.74, 6) is 0.298. The Morgan fingerprint density at radius 3 is 2.89 bits per heavy atom. The number of aromatic hydroxyl groups is 1. The first-order chi connectivity index (χ1) is 8.60. The molecule has 0 aliphatic rings. The van der Waals surface area contributed by atoms with Gasteiger partial charge in [-0.2, -0.15) is 4.98 Å². The summed E-state index contributed by atoms with van der Waals surface area (Å²) >= 11 is 5.94. The van der Waals surface area contributed by atoms with E-state index in [1.54, 1.807) is 6.07 Å². The van der Waals surface area contributed by atoms with Crippen molar-refractivity contribution in [1.29, 1.82) is 0 Å². The minimum Gasteiger partial charge on any atom is -0.492 e. The molecule has 0 bridgehead atoms. The monoisotopic (exact) mass is 268 g/mol. The lowest BCUT2D eigenvalue weighted by Gasteiger charge is -2.01. The second kappa shape index (κ2) is 5.40. The molecule has 0 unspecified atom stereocenters. The van der Waals surface area contributed by atoms with Crippen LogP contribution >= 0.6 is 11.6 Å². The highest BCUT2D eigenvalue weighted by Crippen LogP contribution is 2.22. The van der Waals surface area contributed by atoms with Crippen molar-refractivity contribution in [2.24, 2.45) is 0 Å². The number of rotatable bonds is 4. The first-order valence-electron chi connectivity index (χ1n) is 5.80. The van der Waals surface area contributed by atoms with E-state index in [4.69, 9.17) is 11.6 Å². The molecule has 1 aromatic carbocycles. The standard InChI is InChI=1S/C13H14ClFN2O/c1-2-3-11-13(18)17-12(16-11)6-8-4-5-9(15)7-10(8)14/h4-5,7,18H,2-3,6H2,1H3,(H,16,17). The molecule has 0 atom stereocenters. The van der Waals surface area contributed by atoms with Crippen molar-refractivity contribution in [2.45, 2.75) is 26.2 Å². The van der Waals surface area contributed by atoms with E-state index >= 15 is 0 Å². The number of hydrogen-bond donors (Lipinski definition) is 2. The second-order valence-electron chi connectivity index (χ2n) is 4.15. The lowest BCUT2D eigenvalue weighted by Crippen LogP contribution is -1.93. The SMILES string of the molecule is CCCc1[nH]c(Cc2ccc(F)cc2Cl)nc1O. The van der Waals surface area contributed by atoms with Gasteiger partial charge in [-0.1, -0.05) is 31.0 Å². The van der Waals surface area contributed by atoms with Crippen LogP contribution < -0.4 is 0 Å². The van der Waals surface area contributed by atoms with Gasteiger partial charge < -0.3 is 10.1 Å². The van der Waals surface area contributed by atoms with Gasteiger partial charge in [-0.05, 0) is 24.1 Å². The molecule has 2 aromatic rings. The molecule has 0 spiro atoms. The summed E-state index contributed by atoms with van der Waals surface area (Å²) < 4.78 is 12.9. The summed E-state index contributed by atoms with van der Waals surface area (Å²) in [5, 5.41) is 9.98. The lowest BCUT2D eigenvalue weighted by atomic mass is 10.1. The number of hydrogen-bond acceptors (Lipinski definition) is 2. The number of aromatic amines is 1. The zero-order valence-corrected chi connectivity index (χ0v) is 10.8. The van der Waals surface area contributed by atoms with E-state index in [0.29, 0.717) is 17.3 Å². The number of H-pyrrole nitrogens is 1. The number of imidazole rings is 1. The second-order valence-corrected chi connectivity index (χ2v) is 4.56. The van der Waals surface area contributed by atoms with Crippen LogP contribution in [0, 0.1) is 5.82 Å². The van der Waals surface area contributed by atoms with Crippen molar-refractivity contribution >= 4 is 11.6 Å². The highest BCUT2D eigenvalue weighted by Gasteiger charge is 2.10. The average Bonchev–Trinajstić information content (AvgIpc) is 2.64. The summed E-state index contributed by atoms with van der Waals surface area (Å²) in [6, 6.07) is 4.25. The van der Waals surface area contributed by atoms with Gasteiger partial charge in [-0.15, -0.1) is 0 Å². The van der Waals surface area contributed by atoms with E-state index < -0.39 is 0 Å². The summed E-state index contributed by atoms with van der Waals surface area (Å²) in [7, 11) is 0. The van der Waals surface area contributed by atoms with Crippen LogP contribution in [0.3, 0.4) is 0 Å². The summed E-state index contributed by atoms with van der Waals surface area (Å²) in [6.45, 7) is 2.02. The van der Waals surface area contributed by atoms with Gasteiger partial charge in [-0.25, -0.2) is 4.39 Å². The Balaban J connectivity index is 2.20. The molecule has 0 fully saturated rings. The van der Waals surface area contributed by atoms with Crippen molar-refractivity contribution in [1.82, 2.24) is 9.97 Å². The highest BCUT2D eigenvalue weighted by molar-refractivity contribution is 6.31. The quantitative estimate of drug-likeness (QED) is 0.892. The van der Waals surface area contributed by atoms with Gasteiger partial charge in [0, 0.05) is 11.4 Å². The zero-order valence-electron chi connectivity index (χ0n) is 10.0. The Hall–Kier alpha value is -1.55. The smallest absolute Gasteiger partial charge is 0.232 e. The Labute approximate surface area is 110 Å². The predicted molar refractivity (Wildman–Crippen MR) is 68.5 cm³/mol. The number of aromatic nitrogens is 2. The number of nitrogens with zero attached hydrogens (tertiary/aromatic N) is 1. The van der Waals surface area contributed by atoms with Gasteiger partial charge in [-0.3, -0.25) is 0 Å². The van der Waals surface area contributed by atoms with Crippen LogP contribution in [0.4, 0.5) is 4.39 Å². The number of aryl methyl sites for hydroxylation is 1. The van der Waals surface area contributed by atoms with E-state index in [0.717, 1.165) is 24.1 Å². The van der Waals surface area contributed by atoms with Crippen LogP contribution in [-0.2, 0) is 12.8 Å². The Bertz CT molecular complexity index is 554. The molecular formula is C13H14ClFN2O. The van der Waals surface area contributed by atoms with E-state index in [9.17, 15) is 9.50 Å². The molecule has 0 saturated heterocycles. The Morgan fingerprint density at radius 1 is 1.44 bits per heavy atom. The highest BCUT2D eigenvalue weighted by atomic mass is 35.5. The van der Waals surface area contributed by atoms with Crippen LogP contribution in [0.2, 0.25) is 5.02 Å². The molecular weight excluding hydrogens is 255 g/mol. The topological polar surface area (TPSA) is 48.9 Å². The fourth-order valence-electron chi connectivity index (χ4n) is 1.81. The van der Waals surface area contributed by atoms with E-state index in [-0.39, 0.29) is 11.7 Å². The molecule has 96 valence electrons. The summed E-state index contributed by atoms with van der Waals surface area (Å²) in [6.07, 6.45) is 2.11. The molecule has 0 saturated carbocycles. The molecule has 2 rings (SSSR count). The fraction of sp³-hybridized carbons (Fsp3) is 0.308. The van der Waals surface area contributed by atoms with E-state index in [2.05, 4.69) is 9.97 Å². The van der Waals surface area contributed by atoms with Gasteiger partial charge in [0.05, 0.1) is 5.69 Å². The number of halogens is 2. The average molecular weight is 269 g/mol. The molecule has 3 nitrogen and oxygen atoms in total. The van der Waals surface area contributed by atoms with Crippen molar-refractivity contribution in [3.8, 4) is 5.88 Å². The molecule has 5 heteroatoms. The van der Waals surface area contributed by atoms with Gasteiger partial charge in [0.15, 0.2) is 0 Å². The minimum atomic E-state index is -0.363. The predicted octanol–water partition coefficient (Wildman–Crippen LogP) is 3.45. The van der Waals surface area contributed by atoms with Crippen LogP contribution in [0.25, 0.3) is 0 Å². The third-order valence-corrected chi connectivity index (χ3v) is 3.03. The third kappa shape index (κ3) is 2.82. The fourth-order valence-corrected chi connectivity index (χ4v) is 2.04. The van der Waals surface area contributed by atoms with E-state index in [1.807, 2.05) is 6.92 Å². The van der Waals surface area contributed by atoms with Crippen molar-refractivity contribution in [2.75, 3.05) is 0 Å². The summed E-state index contributed by atoms with van der Waals surface area (Å²) in [5.41, 5.74) is 1.50. The van der Waals surface area contributed by atoms with E-state index in [1.165, 1.54) is 12.1 Å². The third-order valence-electron chi connectivity index (χ3n) is 2.68. The van der Waals surface area contributed by atoms with Crippen LogP contribution in [0.1, 0.15) is 30.4 Å². The first-order valence-corrected chi connectivity index (χ1v) is 6.18. The van der Waals surface area contributed by atoms with Crippen LogP contribution in [0.5, 0.6) is 5.88 Å². The van der Waals surface area contributed by atoms with Crippen molar-refractivity contribution in [3.05, 3.63) is 46.1 Å². The largest absolute Gasteiger partial charge is 0.492 e. The molecule has 2 N–H and O–H groups in total. The molecule has 0 radical (unpaired) electrons. The molecule has 0 aliphatic carbocycles. The zero-order chi connectivity index (χ0) is 13.1. The maximum atomic E-state index is 12.9. The number of nitrogens with one attached hydrogen (secondary N) is 1. The molecule has 1 heterocycles. The summed E-state index contributed by atoms with van der Waals surface area (Å²) in [4.78, 5) is 7.09. The molecule has 1 aromatic heterocycles. The van der Waals surface area contributed by atoms with Crippen molar-refractivity contribution < 1.29 is 9.50 Å². The Kier molecular flexibility index (Phi) is 3.87. The van der Waals surface area contributed by atoms with Crippen molar-refractivity contribution in [3.63, 3.8) is 0 Å². The lowest BCUT2D eigenvalue weighted by molar-refractivity contribution is 0.448. The molecule has 18 heavy (non-hydrogen) atoms. The van der Waals surface area contributed by atoms with Gasteiger partial charge >= 0.3 is 0 Å². The van der Waals surface area contributed by atoms with Crippen LogP contribution in [0.15, 0.2) is 18.2 Å². The van der Waals surface area contributed by atoms with Crippen LogP contribution in [-0.4, -0.2) is 15.1 Å².